The average Bonchev–Trinajstić information content (AvgIpc) is 2.43. The molecule has 0 aliphatic heterocycles. The zero-order valence-corrected chi connectivity index (χ0v) is 12.6. The minimum absolute atomic E-state index is 0.260. The lowest BCUT2D eigenvalue weighted by Crippen LogP contribution is -2.03. The monoisotopic (exact) mass is 341 g/mol. The molecule has 0 radical (unpaired) electrons. The van der Waals surface area contributed by atoms with E-state index in [0.29, 0.717) is 27.7 Å². The van der Waals surface area contributed by atoms with Crippen molar-refractivity contribution in [3.63, 3.8) is 0 Å². The van der Waals surface area contributed by atoms with E-state index in [2.05, 4.69) is 31.2 Å². The summed E-state index contributed by atoms with van der Waals surface area (Å²) in [5.41, 5.74) is 0. The number of methoxy groups -OCH3 is 1. The van der Waals surface area contributed by atoms with Crippen LogP contribution in [0.1, 0.15) is 5.82 Å². The molecule has 2 rings (SSSR count). The molecule has 0 fully saturated rings. The average molecular weight is 342 g/mol. The minimum Gasteiger partial charge on any atom is -0.438 e. The van der Waals surface area contributed by atoms with Crippen LogP contribution in [0.2, 0.25) is 0 Å². The first kappa shape index (κ1) is 14.7. The summed E-state index contributed by atoms with van der Waals surface area (Å²) in [6.07, 6.45) is 0. The third kappa shape index (κ3) is 3.64. The third-order valence-corrected chi connectivity index (χ3v) is 3.04. The molecule has 20 heavy (non-hydrogen) atoms. The summed E-state index contributed by atoms with van der Waals surface area (Å²) in [7, 11) is 3.29. The lowest BCUT2D eigenvalue weighted by Gasteiger charge is -2.10. The molecule has 0 aliphatic rings. The second-order valence-electron chi connectivity index (χ2n) is 3.87. The topological polar surface area (TPSA) is 56.3 Å². The van der Waals surface area contributed by atoms with Crippen LogP contribution in [0.4, 0.5) is 10.2 Å². The van der Waals surface area contributed by atoms with Gasteiger partial charge in [-0.25, -0.2) is 9.37 Å². The van der Waals surface area contributed by atoms with Gasteiger partial charge in [0.2, 0.25) is 5.88 Å². The first-order valence-corrected chi connectivity index (χ1v) is 6.59. The Hall–Kier alpha value is -1.73. The van der Waals surface area contributed by atoms with Crippen LogP contribution in [0.3, 0.4) is 0 Å². The van der Waals surface area contributed by atoms with Gasteiger partial charge in [-0.1, -0.05) is 0 Å². The van der Waals surface area contributed by atoms with Gasteiger partial charge in [-0.15, -0.1) is 0 Å². The van der Waals surface area contributed by atoms with Crippen LogP contribution in [0.15, 0.2) is 28.7 Å². The van der Waals surface area contributed by atoms with Gasteiger partial charge in [0.15, 0.2) is 5.82 Å². The normalized spacial score (nSPS) is 10.4. The zero-order chi connectivity index (χ0) is 14.5. The van der Waals surface area contributed by atoms with Gasteiger partial charge in [-0.05, 0) is 28.1 Å². The molecule has 5 nitrogen and oxygen atoms in total. The predicted octanol–water partition coefficient (Wildman–Crippen LogP) is 3.36. The van der Waals surface area contributed by atoms with Crippen molar-refractivity contribution in [2.24, 2.45) is 0 Å². The van der Waals surface area contributed by atoms with Gasteiger partial charge in [0.1, 0.15) is 24.0 Å². The Morgan fingerprint density at radius 3 is 2.80 bits per heavy atom. The molecule has 1 aromatic carbocycles. The molecule has 7 heteroatoms. The number of benzene rings is 1. The highest BCUT2D eigenvalue weighted by Crippen LogP contribution is 2.30. The van der Waals surface area contributed by atoms with Crippen molar-refractivity contribution in [1.82, 2.24) is 9.97 Å². The zero-order valence-electron chi connectivity index (χ0n) is 11.0. The number of aromatic nitrogens is 2. The van der Waals surface area contributed by atoms with E-state index < -0.39 is 0 Å². The summed E-state index contributed by atoms with van der Waals surface area (Å²) in [6, 6.07) is 5.81. The van der Waals surface area contributed by atoms with Crippen LogP contribution >= 0.6 is 15.9 Å². The maximum Gasteiger partial charge on any atom is 0.224 e. The van der Waals surface area contributed by atoms with Gasteiger partial charge < -0.3 is 14.8 Å². The summed E-state index contributed by atoms with van der Waals surface area (Å²) in [5.74, 6) is 1.33. The maximum atomic E-state index is 13.2. The van der Waals surface area contributed by atoms with Crippen molar-refractivity contribution >= 4 is 21.7 Å². The van der Waals surface area contributed by atoms with E-state index in [9.17, 15) is 4.39 Å². The van der Waals surface area contributed by atoms with Gasteiger partial charge in [0, 0.05) is 26.3 Å². The van der Waals surface area contributed by atoms with Crippen LogP contribution in [-0.2, 0) is 11.3 Å². The van der Waals surface area contributed by atoms with Crippen LogP contribution < -0.4 is 10.1 Å². The van der Waals surface area contributed by atoms with Crippen LogP contribution in [-0.4, -0.2) is 24.1 Å². The first-order valence-electron chi connectivity index (χ1n) is 5.80. The van der Waals surface area contributed by atoms with E-state index in [1.165, 1.54) is 12.1 Å². The second-order valence-corrected chi connectivity index (χ2v) is 4.72. The molecule has 1 heterocycles. The van der Waals surface area contributed by atoms with E-state index in [-0.39, 0.29) is 12.4 Å². The molecule has 0 atom stereocenters. The predicted molar refractivity (Wildman–Crippen MR) is 76.5 cm³/mol. The van der Waals surface area contributed by atoms with Crippen molar-refractivity contribution in [2.45, 2.75) is 6.61 Å². The fourth-order valence-corrected chi connectivity index (χ4v) is 1.84. The Kier molecular flexibility index (Phi) is 4.86. The smallest absolute Gasteiger partial charge is 0.224 e. The highest BCUT2D eigenvalue weighted by atomic mass is 79.9. The van der Waals surface area contributed by atoms with E-state index in [4.69, 9.17) is 9.47 Å². The summed E-state index contributed by atoms with van der Waals surface area (Å²) in [4.78, 5) is 8.41. The maximum absolute atomic E-state index is 13.2. The largest absolute Gasteiger partial charge is 0.438 e. The molecule has 0 amide bonds. The molecule has 1 aromatic heterocycles. The number of ether oxygens (including phenoxy) is 2. The molecule has 0 aliphatic carbocycles. The molecular formula is C13H13BrFN3O2. The third-order valence-electron chi connectivity index (χ3n) is 2.39. The van der Waals surface area contributed by atoms with Gasteiger partial charge in [-0.3, -0.25) is 0 Å². The number of anilines is 1. The number of nitrogens with zero attached hydrogens (tertiary/aromatic N) is 2. The van der Waals surface area contributed by atoms with Crippen LogP contribution in [0.5, 0.6) is 11.6 Å². The number of rotatable bonds is 5. The van der Waals surface area contributed by atoms with Crippen molar-refractivity contribution < 1.29 is 13.9 Å². The summed E-state index contributed by atoms with van der Waals surface area (Å²) in [5, 5.41) is 2.91. The molecule has 0 spiro atoms. The molecule has 106 valence electrons. The first-order chi connectivity index (χ1) is 9.62. The van der Waals surface area contributed by atoms with Crippen molar-refractivity contribution in [1.29, 1.82) is 0 Å². The highest BCUT2D eigenvalue weighted by molar-refractivity contribution is 9.10. The molecule has 0 unspecified atom stereocenters. The van der Waals surface area contributed by atoms with Gasteiger partial charge in [0.05, 0.1) is 4.47 Å². The summed E-state index contributed by atoms with van der Waals surface area (Å²) < 4.78 is 24.4. The minimum atomic E-state index is -0.386. The molecule has 1 N–H and O–H groups in total. The molecular weight excluding hydrogens is 329 g/mol. The van der Waals surface area contributed by atoms with Crippen molar-refractivity contribution in [2.75, 3.05) is 19.5 Å². The fourth-order valence-electron chi connectivity index (χ4n) is 1.51. The Morgan fingerprint density at radius 1 is 1.30 bits per heavy atom. The van der Waals surface area contributed by atoms with E-state index >= 15 is 0 Å². The van der Waals surface area contributed by atoms with E-state index in [1.54, 1.807) is 26.3 Å². The molecule has 2 aromatic rings. The lowest BCUT2D eigenvalue weighted by atomic mass is 10.3. The van der Waals surface area contributed by atoms with Gasteiger partial charge >= 0.3 is 0 Å². The lowest BCUT2D eigenvalue weighted by molar-refractivity contribution is 0.177. The van der Waals surface area contributed by atoms with E-state index in [0.717, 1.165) is 0 Å². The van der Waals surface area contributed by atoms with Gasteiger partial charge in [0.25, 0.3) is 0 Å². The van der Waals surface area contributed by atoms with Crippen molar-refractivity contribution in [3.8, 4) is 11.6 Å². The second kappa shape index (κ2) is 6.62. The molecule has 0 bridgehead atoms. The molecule has 0 saturated heterocycles. The van der Waals surface area contributed by atoms with Crippen molar-refractivity contribution in [3.05, 3.63) is 40.4 Å². The van der Waals surface area contributed by atoms with Crippen LogP contribution in [0.25, 0.3) is 0 Å². The van der Waals surface area contributed by atoms with Crippen LogP contribution in [0, 0.1) is 5.82 Å². The number of nitrogens with one attached hydrogen (secondary N) is 1. The summed E-state index contributed by atoms with van der Waals surface area (Å²) >= 11 is 3.30. The quantitative estimate of drug-likeness (QED) is 0.903. The van der Waals surface area contributed by atoms with E-state index in [1.807, 2.05) is 0 Å². The molecule has 0 saturated carbocycles. The fraction of sp³-hybridized carbons (Fsp3) is 0.231. The standard InChI is InChI=1S/C13H13BrFN3O2/c1-16-11-6-13(18-12(17-11)7-19-2)20-10-5-8(15)3-4-9(10)14/h3-6H,7H2,1-2H3,(H,16,17,18). The SMILES string of the molecule is CNc1cc(Oc2cc(F)ccc2Br)nc(COC)n1. The Bertz CT molecular complexity index is 610. The number of hydrogen-bond acceptors (Lipinski definition) is 5. The summed E-state index contributed by atoms with van der Waals surface area (Å²) in [6.45, 7) is 0.260. The number of hydrogen-bond donors (Lipinski definition) is 1. The Labute approximate surface area is 124 Å². The Morgan fingerprint density at radius 2 is 2.10 bits per heavy atom. The Balaban J connectivity index is 2.32. The highest BCUT2D eigenvalue weighted by Gasteiger charge is 2.09. The number of halogens is 2. The van der Waals surface area contributed by atoms with Gasteiger partial charge in [-0.2, -0.15) is 4.98 Å².